The van der Waals surface area contributed by atoms with Gasteiger partial charge in [-0.05, 0) is 37.8 Å². The van der Waals surface area contributed by atoms with Crippen LogP contribution in [-0.4, -0.2) is 37.2 Å². The van der Waals surface area contributed by atoms with Crippen LogP contribution in [0.5, 0.6) is 0 Å². The number of nitrogens with one attached hydrogen (secondary N) is 2. The predicted molar refractivity (Wildman–Crippen MR) is 78.9 cm³/mol. The normalized spacial score (nSPS) is 16.3. The zero-order chi connectivity index (χ0) is 14.4. The van der Waals surface area contributed by atoms with Gasteiger partial charge in [0.2, 0.25) is 0 Å². The molecule has 20 heavy (non-hydrogen) atoms. The van der Waals surface area contributed by atoms with Crippen LogP contribution in [0.3, 0.4) is 0 Å². The lowest BCUT2D eigenvalue weighted by atomic mass is 9.80. The molecule has 1 saturated carbocycles. The minimum absolute atomic E-state index is 0.117. The standard InChI is InChI=1S/C15H23N3O2/c1-11(12-4-3-5-12)18-14-7-6-13(10-17-14)15(19)16-8-9-20-2/h6-7,10-12H,3-5,8-9H2,1-2H3,(H,16,19)(H,17,18). The SMILES string of the molecule is COCCNC(=O)c1ccc(NC(C)C2CCC2)nc1. The highest BCUT2D eigenvalue weighted by Gasteiger charge is 2.23. The number of nitrogens with zero attached hydrogens (tertiary/aromatic N) is 1. The predicted octanol–water partition coefficient (Wildman–Crippen LogP) is 2.06. The maximum Gasteiger partial charge on any atom is 0.252 e. The number of amides is 1. The lowest BCUT2D eigenvalue weighted by Gasteiger charge is -2.32. The number of rotatable bonds is 7. The summed E-state index contributed by atoms with van der Waals surface area (Å²) >= 11 is 0. The molecule has 2 N–H and O–H groups in total. The molecule has 1 aliphatic rings. The van der Waals surface area contributed by atoms with Gasteiger partial charge < -0.3 is 15.4 Å². The third-order valence-electron chi connectivity index (χ3n) is 3.85. The first-order valence-electron chi connectivity index (χ1n) is 7.20. The van der Waals surface area contributed by atoms with Crippen LogP contribution >= 0.6 is 0 Å². The van der Waals surface area contributed by atoms with Gasteiger partial charge in [-0.3, -0.25) is 4.79 Å². The minimum atomic E-state index is -0.117. The van der Waals surface area contributed by atoms with Gasteiger partial charge in [0.05, 0.1) is 12.2 Å². The van der Waals surface area contributed by atoms with Crippen molar-refractivity contribution in [3.05, 3.63) is 23.9 Å². The van der Waals surface area contributed by atoms with E-state index in [1.54, 1.807) is 19.4 Å². The van der Waals surface area contributed by atoms with E-state index in [1.165, 1.54) is 19.3 Å². The lowest BCUT2D eigenvalue weighted by Crippen LogP contribution is -2.31. The smallest absolute Gasteiger partial charge is 0.252 e. The molecule has 0 saturated heterocycles. The average Bonchev–Trinajstić information content (AvgIpc) is 2.37. The summed E-state index contributed by atoms with van der Waals surface area (Å²) in [5.74, 6) is 1.47. The van der Waals surface area contributed by atoms with Crippen molar-refractivity contribution in [1.82, 2.24) is 10.3 Å². The molecule has 0 aromatic carbocycles. The molecule has 1 fully saturated rings. The topological polar surface area (TPSA) is 63.2 Å². The Kier molecular flexibility index (Phi) is 5.35. The van der Waals surface area contributed by atoms with Gasteiger partial charge in [-0.2, -0.15) is 0 Å². The first kappa shape index (κ1) is 14.8. The van der Waals surface area contributed by atoms with Gasteiger partial charge in [0.25, 0.3) is 5.91 Å². The molecule has 0 bridgehead atoms. The zero-order valence-corrected chi connectivity index (χ0v) is 12.2. The molecule has 110 valence electrons. The molecule has 0 aliphatic heterocycles. The molecule has 5 heteroatoms. The van der Waals surface area contributed by atoms with Crippen molar-refractivity contribution in [2.24, 2.45) is 5.92 Å². The first-order valence-corrected chi connectivity index (χ1v) is 7.20. The third-order valence-corrected chi connectivity index (χ3v) is 3.85. The Morgan fingerprint density at radius 1 is 1.50 bits per heavy atom. The Hall–Kier alpha value is -1.62. The Bertz CT molecular complexity index is 429. The van der Waals surface area contributed by atoms with Gasteiger partial charge in [-0.15, -0.1) is 0 Å². The Morgan fingerprint density at radius 2 is 2.30 bits per heavy atom. The van der Waals surface area contributed by atoms with Crippen molar-refractivity contribution >= 4 is 11.7 Å². The average molecular weight is 277 g/mol. The fourth-order valence-corrected chi connectivity index (χ4v) is 2.27. The van der Waals surface area contributed by atoms with Crippen LogP contribution in [0.4, 0.5) is 5.82 Å². The summed E-state index contributed by atoms with van der Waals surface area (Å²) in [6.45, 7) is 3.21. The molecule has 1 atom stereocenters. The maximum absolute atomic E-state index is 11.8. The number of hydrogen-bond donors (Lipinski definition) is 2. The van der Waals surface area contributed by atoms with Crippen molar-refractivity contribution in [1.29, 1.82) is 0 Å². The number of pyridine rings is 1. The summed E-state index contributed by atoms with van der Waals surface area (Å²) in [6.07, 6.45) is 5.55. The van der Waals surface area contributed by atoms with Crippen LogP contribution in [-0.2, 0) is 4.74 Å². The van der Waals surface area contributed by atoms with E-state index in [0.717, 1.165) is 11.7 Å². The van der Waals surface area contributed by atoms with E-state index >= 15 is 0 Å². The number of methoxy groups -OCH3 is 1. The number of carbonyl (C=O) groups is 1. The van der Waals surface area contributed by atoms with Crippen molar-refractivity contribution in [2.45, 2.75) is 32.2 Å². The second kappa shape index (κ2) is 7.24. The zero-order valence-electron chi connectivity index (χ0n) is 12.2. The summed E-state index contributed by atoms with van der Waals surface area (Å²) in [5.41, 5.74) is 0.572. The van der Waals surface area contributed by atoms with Crippen LogP contribution in [0.1, 0.15) is 36.5 Å². The molecule has 1 aromatic heterocycles. The van der Waals surface area contributed by atoms with Gasteiger partial charge in [0.1, 0.15) is 5.82 Å². The summed E-state index contributed by atoms with van der Waals surface area (Å²) in [6, 6.07) is 4.10. The molecule has 0 spiro atoms. The molecule has 0 radical (unpaired) electrons. The van der Waals surface area contributed by atoms with Gasteiger partial charge >= 0.3 is 0 Å². The molecule has 1 aromatic rings. The fourth-order valence-electron chi connectivity index (χ4n) is 2.27. The third kappa shape index (κ3) is 3.93. The first-order chi connectivity index (χ1) is 9.70. The van der Waals surface area contributed by atoms with Crippen LogP contribution in [0.2, 0.25) is 0 Å². The molecule has 1 unspecified atom stereocenters. The van der Waals surface area contributed by atoms with E-state index in [2.05, 4.69) is 22.5 Å². The van der Waals surface area contributed by atoms with Crippen LogP contribution in [0, 0.1) is 5.92 Å². The van der Waals surface area contributed by atoms with E-state index in [-0.39, 0.29) is 5.91 Å². The molecular weight excluding hydrogens is 254 g/mol. The highest BCUT2D eigenvalue weighted by atomic mass is 16.5. The molecule has 1 amide bonds. The van der Waals surface area contributed by atoms with Gasteiger partial charge in [0, 0.05) is 25.9 Å². The number of anilines is 1. The Morgan fingerprint density at radius 3 is 2.85 bits per heavy atom. The Balaban J connectivity index is 1.83. The van der Waals surface area contributed by atoms with Crippen molar-refractivity contribution in [2.75, 3.05) is 25.6 Å². The highest BCUT2D eigenvalue weighted by molar-refractivity contribution is 5.94. The number of carbonyl (C=O) groups excluding carboxylic acids is 1. The van der Waals surface area contributed by atoms with Crippen LogP contribution < -0.4 is 10.6 Å². The molecular formula is C15H23N3O2. The largest absolute Gasteiger partial charge is 0.383 e. The number of hydrogen-bond acceptors (Lipinski definition) is 4. The van der Waals surface area contributed by atoms with Gasteiger partial charge in [-0.25, -0.2) is 4.98 Å². The highest BCUT2D eigenvalue weighted by Crippen LogP contribution is 2.30. The van der Waals surface area contributed by atoms with Crippen molar-refractivity contribution in [3.8, 4) is 0 Å². The molecule has 5 nitrogen and oxygen atoms in total. The van der Waals surface area contributed by atoms with Crippen LogP contribution in [0.15, 0.2) is 18.3 Å². The summed E-state index contributed by atoms with van der Waals surface area (Å²) in [5, 5.41) is 6.17. The van der Waals surface area contributed by atoms with Gasteiger partial charge in [0.15, 0.2) is 0 Å². The van der Waals surface area contributed by atoms with Crippen molar-refractivity contribution < 1.29 is 9.53 Å². The summed E-state index contributed by atoms with van der Waals surface area (Å²) in [7, 11) is 1.61. The van der Waals surface area contributed by atoms with Gasteiger partial charge in [-0.1, -0.05) is 6.42 Å². The van der Waals surface area contributed by atoms with E-state index in [0.29, 0.717) is 24.8 Å². The molecule has 2 rings (SSSR count). The van der Waals surface area contributed by atoms with Crippen molar-refractivity contribution in [3.63, 3.8) is 0 Å². The molecule has 1 aliphatic carbocycles. The fraction of sp³-hybridized carbons (Fsp3) is 0.600. The lowest BCUT2D eigenvalue weighted by molar-refractivity contribution is 0.0937. The van der Waals surface area contributed by atoms with E-state index in [1.807, 2.05) is 6.07 Å². The number of ether oxygens (including phenoxy) is 1. The van der Waals surface area contributed by atoms with E-state index in [9.17, 15) is 4.79 Å². The number of aromatic nitrogens is 1. The van der Waals surface area contributed by atoms with Crippen LogP contribution in [0.25, 0.3) is 0 Å². The minimum Gasteiger partial charge on any atom is -0.383 e. The maximum atomic E-state index is 11.8. The molecule has 1 heterocycles. The van der Waals surface area contributed by atoms with E-state index < -0.39 is 0 Å². The summed E-state index contributed by atoms with van der Waals surface area (Å²) in [4.78, 5) is 16.1. The second-order valence-corrected chi connectivity index (χ2v) is 5.30. The monoisotopic (exact) mass is 277 g/mol. The Labute approximate surface area is 120 Å². The van der Waals surface area contributed by atoms with E-state index in [4.69, 9.17) is 4.74 Å². The summed E-state index contributed by atoms with van der Waals surface area (Å²) < 4.78 is 4.89. The second-order valence-electron chi connectivity index (χ2n) is 5.30. The quantitative estimate of drug-likeness (QED) is 0.749.